The van der Waals surface area contributed by atoms with Crippen LogP contribution in [0.3, 0.4) is 0 Å². The van der Waals surface area contributed by atoms with E-state index in [-0.39, 0.29) is 6.61 Å². The molecule has 2 aromatic heterocycles. The lowest BCUT2D eigenvalue weighted by atomic mass is 10.4. The van der Waals surface area contributed by atoms with Crippen LogP contribution in [0.25, 0.3) is 0 Å². The largest absolute Gasteiger partial charge is 0.394 e. The van der Waals surface area contributed by atoms with Crippen molar-refractivity contribution in [3.8, 4) is 0 Å². The zero-order valence-corrected chi connectivity index (χ0v) is 9.96. The van der Waals surface area contributed by atoms with Crippen molar-refractivity contribution in [1.82, 2.24) is 24.8 Å². The lowest BCUT2D eigenvalue weighted by Gasteiger charge is -1.98. The van der Waals surface area contributed by atoms with E-state index in [4.69, 9.17) is 5.11 Å². The van der Waals surface area contributed by atoms with E-state index in [1.54, 1.807) is 10.9 Å². The smallest absolute Gasteiger partial charge is 0.148 e. The fourth-order valence-electron chi connectivity index (χ4n) is 1.46. The first-order valence-electron chi connectivity index (χ1n) is 5.43. The molecule has 0 aliphatic carbocycles. The summed E-state index contributed by atoms with van der Waals surface area (Å²) in [6.45, 7) is 3.10. The quantitative estimate of drug-likeness (QED) is 0.759. The molecule has 2 aromatic rings. The maximum Gasteiger partial charge on any atom is 0.148 e. The van der Waals surface area contributed by atoms with Crippen LogP contribution in [0.1, 0.15) is 11.4 Å². The number of aliphatic hydroxyl groups is 1. The van der Waals surface area contributed by atoms with Crippen LogP contribution in [0.5, 0.6) is 0 Å². The van der Waals surface area contributed by atoms with E-state index in [1.807, 2.05) is 24.7 Å². The van der Waals surface area contributed by atoms with Crippen LogP contribution in [0.2, 0.25) is 0 Å². The number of hydrogen-bond acceptors (Lipinski definition) is 5. The fourth-order valence-corrected chi connectivity index (χ4v) is 1.46. The molecule has 7 heteroatoms. The highest BCUT2D eigenvalue weighted by Gasteiger charge is 2.03. The van der Waals surface area contributed by atoms with Crippen LogP contribution >= 0.6 is 0 Å². The van der Waals surface area contributed by atoms with Gasteiger partial charge in [0.15, 0.2) is 0 Å². The predicted octanol–water partition coefficient (Wildman–Crippen LogP) is -0.0756. The maximum absolute atomic E-state index is 8.75. The summed E-state index contributed by atoms with van der Waals surface area (Å²) < 4.78 is 3.42. The van der Waals surface area contributed by atoms with Crippen LogP contribution in [0, 0.1) is 6.92 Å². The van der Waals surface area contributed by atoms with E-state index in [0.717, 1.165) is 17.2 Å². The molecule has 92 valence electrons. The lowest BCUT2D eigenvalue weighted by molar-refractivity contribution is 0.268. The topological polar surface area (TPSA) is 80.8 Å². The number of anilines is 1. The van der Waals surface area contributed by atoms with Crippen LogP contribution in [-0.4, -0.2) is 36.5 Å². The second-order valence-corrected chi connectivity index (χ2v) is 3.84. The Hall–Kier alpha value is -1.89. The first kappa shape index (κ1) is 11.6. The molecular formula is C10H16N6O. The minimum Gasteiger partial charge on any atom is -0.394 e. The molecule has 0 unspecified atom stereocenters. The number of aromatic nitrogens is 5. The fraction of sp³-hybridized carbons (Fsp3) is 0.500. The van der Waals surface area contributed by atoms with Gasteiger partial charge in [0.25, 0.3) is 0 Å². The molecule has 0 amide bonds. The first-order valence-corrected chi connectivity index (χ1v) is 5.43. The summed E-state index contributed by atoms with van der Waals surface area (Å²) >= 11 is 0. The highest BCUT2D eigenvalue weighted by Crippen LogP contribution is 2.07. The molecule has 0 aliphatic rings. The van der Waals surface area contributed by atoms with Crippen LogP contribution in [0.15, 0.2) is 12.3 Å². The highest BCUT2D eigenvalue weighted by atomic mass is 16.3. The molecule has 0 radical (unpaired) electrons. The van der Waals surface area contributed by atoms with E-state index in [0.29, 0.717) is 13.1 Å². The zero-order chi connectivity index (χ0) is 12.3. The molecule has 2 heterocycles. The average molecular weight is 236 g/mol. The van der Waals surface area contributed by atoms with Crippen molar-refractivity contribution in [2.45, 2.75) is 20.0 Å². The summed E-state index contributed by atoms with van der Waals surface area (Å²) in [5.74, 6) is 0.821. The summed E-state index contributed by atoms with van der Waals surface area (Å²) in [6, 6.07) is 1.97. The number of nitrogens with zero attached hydrogens (tertiary/aromatic N) is 5. The first-order chi connectivity index (χ1) is 8.19. The third kappa shape index (κ3) is 2.82. The molecule has 0 bridgehead atoms. The highest BCUT2D eigenvalue weighted by molar-refractivity contribution is 5.35. The Morgan fingerprint density at radius 1 is 1.47 bits per heavy atom. The Kier molecular flexibility index (Phi) is 3.38. The van der Waals surface area contributed by atoms with Crippen LogP contribution < -0.4 is 5.32 Å². The second-order valence-electron chi connectivity index (χ2n) is 3.84. The van der Waals surface area contributed by atoms with E-state index < -0.39 is 0 Å². The Morgan fingerprint density at radius 3 is 2.94 bits per heavy atom. The molecule has 0 aromatic carbocycles. The van der Waals surface area contributed by atoms with Gasteiger partial charge in [0.2, 0.25) is 0 Å². The van der Waals surface area contributed by atoms with E-state index in [2.05, 4.69) is 20.7 Å². The van der Waals surface area contributed by atoms with Crippen molar-refractivity contribution >= 4 is 5.82 Å². The van der Waals surface area contributed by atoms with Gasteiger partial charge in [-0.25, -0.2) is 4.68 Å². The van der Waals surface area contributed by atoms with Crippen molar-refractivity contribution in [1.29, 1.82) is 0 Å². The lowest BCUT2D eigenvalue weighted by Crippen LogP contribution is -2.02. The monoisotopic (exact) mass is 236 g/mol. The maximum atomic E-state index is 8.75. The minimum atomic E-state index is 0.0651. The Labute approximate surface area is 99.1 Å². The number of aryl methyl sites for hydroxylation is 2. The second kappa shape index (κ2) is 4.96. The van der Waals surface area contributed by atoms with Crippen molar-refractivity contribution < 1.29 is 5.11 Å². The number of rotatable bonds is 5. The summed E-state index contributed by atoms with van der Waals surface area (Å²) in [6.07, 6.45) is 1.80. The van der Waals surface area contributed by atoms with Gasteiger partial charge in [-0.2, -0.15) is 5.10 Å². The van der Waals surface area contributed by atoms with Crippen LogP contribution in [-0.2, 0) is 20.1 Å². The molecule has 2 rings (SSSR count). The van der Waals surface area contributed by atoms with Crippen molar-refractivity contribution in [2.75, 3.05) is 11.9 Å². The van der Waals surface area contributed by atoms with Gasteiger partial charge in [-0.15, -0.1) is 5.10 Å². The molecule has 0 aliphatic heterocycles. The Balaban J connectivity index is 1.92. The predicted molar refractivity (Wildman–Crippen MR) is 62.4 cm³/mol. The Bertz CT molecular complexity index is 469. The third-order valence-electron chi connectivity index (χ3n) is 2.48. The molecule has 17 heavy (non-hydrogen) atoms. The summed E-state index contributed by atoms with van der Waals surface area (Å²) in [7, 11) is 1.90. The normalized spacial score (nSPS) is 10.8. The molecule has 0 fully saturated rings. The summed E-state index contributed by atoms with van der Waals surface area (Å²) in [5.41, 5.74) is 1.91. The Morgan fingerprint density at radius 2 is 2.29 bits per heavy atom. The van der Waals surface area contributed by atoms with Gasteiger partial charge in [-0.3, -0.25) is 4.68 Å². The van der Waals surface area contributed by atoms with E-state index in [1.165, 1.54) is 0 Å². The minimum absolute atomic E-state index is 0.0651. The third-order valence-corrected chi connectivity index (χ3v) is 2.48. The molecule has 7 nitrogen and oxygen atoms in total. The average Bonchev–Trinajstić information content (AvgIpc) is 2.85. The summed E-state index contributed by atoms with van der Waals surface area (Å²) in [5, 5.41) is 24.1. The molecule has 0 spiro atoms. The molecule has 2 N–H and O–H groups in total. The van der Waals surface area contributed by atoms with Crippen molar-refractivity contribution in [3.05, 3.63) is 23.7 Å². The van der Waals surface area contributed by atoms with Gasteiger partial charge in [0.1, 0.15) is 11.5 Å². The van der Waals surface area contributed by atoms with Crippen molar-refractivity contribution in [3.63, 3.8) is 0 Å². The van der Waals surface area contributed by atoms with Crippen molar-refractivity contribution in [2.24, 2.45) is 7.05 Å². The number of aliphatic hydroxyl groups excluding tert-OH is 1. The number of nitrogens with one attached hydrogen (secondary N) is 1. The van der Waals surface area contributed by atoms with Gasteiger partial charge in [-0.1, -0.05) is 5.21 Å². The van der Waals surface area contributed by atoms with E-state index >= 15 is 0 Å². The van der Waals surface area contributed by atoms with Gasteiger partial charge >= 0.3 is 0 Å². The van der Waals surface area contributed by atoms with E-state index in [9.17, 15) is 0 Å². The molecule has 0 saturated carbocycles. The molecule has 0 saturated heterocycles. The summed E-state index contributed by atoms with van der Waals surface area (Å²) in [4.78, 5) is 0. The molecular weight excluding hydrogens is 220 g/mol. The van der Waals surface area contributed by atoms with Gasteiger partial charge in [0, 0.05) is 18.8 Å². The van der Waals surface area contributed by atoms with Gasteiger partial charge < -0.3 is 10.4 Å². The van der Waals surface area contributed by atoms with Gasteiger partial charge in [0.05, 0.1) is 25.9 Å². The van der Waals surface area contributed by atoms with Crippen LogP contribution in [0.4, 0.5) is 5.82 Å². The van der Waals surface area contributed by atoms with Gasteiger partial charge in [-0.05, 0) is 6.92 Å². The number of hydrogen-bond donors (Lipinski definition) is 2. The SMILES string of the molecule is Cc1cc(NCc2cn(CCO)nn2)nn1C. The molecule has 0 atom stereocenters. The standard InChI is InChI=1S/C10H16N6O/c1-8-5-10(13-15(8)2)11-6-9-7-16(3-4-17)14-12-9/h5,7,17H,3-4,6H2,1-2H3,(H,11,13). The zero-order valence-electron chi connectivity index (χ0n) is 9.96.